The summed E-state index contributed by atoms with van der Waals surface area (Å²) in [6.07, 6.45) is 0. The van der Waals surface area contributed by atoms with E-state index in [2.05, 4.69) is 11.1 Å². The molecule has 1 heterocycles. The van der Waals surface area contributed by atoms with Crippen LogP contribution in [0.2, 0.25) is 0 Å². The summed E-state index contributed by atoms with van der Waals surface area (Å²) in [7, 11) is 4.01. The van der Waals surface area contributed by atoms with E-state index >= 15 is 0 Å². The van der Waals surface area contributed by atoms with Crippen LogP contribution in [0.3, 0.4) is 0 Å². The zero-order chi connectivity index (χ0) is 15.5. The number of benzene rings is 2. The van der Waals surface area contributed by atoms with Crippen molar-refractivity contribution in [1.82, 2.24) is 5.01 Å². The van der Waals surface area contributed by atoms with Crippen molar-refractivity contribution in [2.45, 2.75) is 0 Å². The van der Waals surface area contributed by atoms with Crippen molar-refractivity contribution in [1.29, 1.82) is 0 Å². The molecule has 0 saturated heterocycles. The van der Waals surface area contributed by atoms with Crippen LogP contribution < -0.4 is 15.5 Å². The van der Waals surface area contributed by atoms with E-state index in [4.69, 9.17) is 10.6 Å². The fourth-order valence-electron chi connectivity index (χ4n) is 2.38. The van der Waals surface area contributed by atoms with Crippen LogP contribution in [-0.2, 0) is 0 Å². The van der Waals surface area contributed by atoms with Crippen LogP contribution in [0, 0.1) is 0 Å². The zero-order valence-electron chi connectivity index (χ0n) is 12.9. The van der Waals surface area contributed by atoms with Crippen molar-refractivity contribution in [2.75, 3.05) is 32.1 Å². The van der Waals surface area contributed by atoms with Crippen LogP contribution in [0.15, 0.2) is 53.5 Å². The van der Waals surface area contributed by atoms with Gasteiger partial charge in [0.2, 0.25) is 0 Å². The Kier molecular flexibility index (Phi) is 3.98. The van der Waals surface area contributed by atoms with Gasteiger partial charge in [0.15, 0.2) is 0 Å². The van der Waals surface area contributed by atoms with Gasteiger partial charge >= 0.3 is 0 Å². The lowest BCUT2D eigenvalue weighted by molar-refractivity contribution is 0.467. The van der Waals surface area contributed by atoms with Crippen LogP contribution in [0.1, 0.15) is 5.56 Å². The second-order valence-electron chi connectivity index (χ2n) is 5.39. The number of nitrogens with two attached hydrogens (primary N) is 1. The van der Waals surface area contributed by atoms with Gasteiger partial charge in [-0.1, -0.05) is 18.2 Å². The second-order valence-corrected chi connectivity index (χ2v) is 5.39. The van der Waals surface area contributed by atoms with Crippen LogP contribution in [0.5, 0.6) is 11.5 Å². The number of ether oxygens (including phenoxy) is 1. The van der Waals surface area contributed by atoms with Gasteiger partial charge in [0.25, 0.3) is 0 Å². The van der Waals surface area contributed by atoms with E-state index < -0.39 is 0 Å². The summed E-state index contributed by atoms with van der Waals surface area (Å²) in [6.45, 7) is 1.44. The molecule has 2 aromatic rings. The number of hydrogen-bond acceptors (Lipinski definition) is 5. The molecule has 3 rings (SSSR count). The van der Waals surface area contributed by atoms with Gasteiger partial charge in [-0.3, -0.25) is 10.0 Å². The first-order chi connectivity index (χ1) is 10.6. The fraction of sp³-hybridized carbons (Fsp3) is 0.235. The first kappa shape index (κ1) is 14.4. The number of para-hydroxylation sites is 1. The minimum atomic E-state index is 0.711. The molecule has 0 bridgehead atoms. The third kappa shape index (κ3) is 2.89. The third-order valence-electron chi connectivity index (χ3n) is 3.57. The summed E-state index contributed by atoms with van der Waals surface area (Å²) < 4.78 is 6.02. The number of hydrazine groups is 1. The minimum absolute atomic E-state index is 0.711. The molecule has 2 aromatic carbocycles. The molecule has 1 aliphatic heterocycles. The van der Waals surface area contributed by atoms with Crippen molar-refractivity contribution < 1.29 is 4.74 Å². The van der Waals surface area contributed by atoms with Crippen LogP contribution in [0.25, 0.3) is 0 Å². The monoisotopic (exact) mass is 296 g/mol. The maximum Gasteiger partial charge on any atom is 0.149 e. The Morgan fingerprint density at radius 3 is 2.55 bits per heavy atom. The first-order valence-corrected chi connectivity index (χ1v) is 7.26. The quantitative estimate of drug-likeness (QED) is 0.881. The molecule has 0 fully saturated rings. The molecule has 0 aliphatic carbocycles. The summed E-state index contributed by atoms with van der Waals surface area (Å²) >= 11 is 0. The molecule has 0 saturated carbocycles. The van der Waals surface area contributed by atoms with Gasteiger partial charge in [-0.2, -0.15) is 0 Å². The van der Waals surface area contributed by atoms with Crippen molar-refractivity contribution in [3.63, 3.8) is 0 Å². The van der Waals surface area contributed by atoms with Crippen LogP contribution >= 0.6 is 0 Å². The maximum atomic E-state index is 6.03. The minimum Gasteiger partial charge on any atom is -0.457 e. The summed E-state index contributed by atoms with van der Waals surface area (Å²) in [5, 5.41) is 1.67. The smallest absolute Gasteiger partial charge is 0.149 e. The van der Waals surface area contributed by atoms with Gasteiger partial charge in [0.05, 0.1) is 18.7 Å². The third-order valence-corrected chi connectivity index (χ3v) is 3.57. The highest BCUT2D eigenvalue weighted by Gasteiger charge is 2.20. The number of amidine groups is 1. The molecule has 0 spiro atoms. The largest absolute Gasteiger partial charge is 0.457 e. The summed E-state index contributed by atoms with van der Waals surface area (Å²) in [5.41, 5.74) is 1.99. The Hall–Kier alpha value is -2.53. The Morgan fingerprint density at radius 1 is 1.14 bits per heavy atom. The van der Waals surface area contributed by atoms with Crippen molar-refractivity contribution in [2.24, 2.45) is 10.8 Å². The van der Waals surface area contributed by atoms with Gasteiger partial charge < -0.3 is 9.64 Å². The lowest BCUT2D eigenvalue weighted by atomic mass is 10.1. The highest BCUT2D eigenvalue weighted by atomic mass is 16.5. The Balaban J connectivity index is 2.01. The molecule has 2 N–H and O–H groups in total. The van der Waals surface area contributed by atoms with Crippen molar-refractivity contribution >= 4 is 11.5 Å². The lowest BCUT2D eigenvalue weighted by Crippen LogP contribution is -2.35. The van der Waals surface area contributed by atoms with E-state index in [0.29, 0.717) is 6.54 Å². The van der Waals surface area contributed by atoms with Crippen molar-refractivity contribution in [3.8, 4) is 11.5 Å². The molecule has 114 valence electrons. The molecule has 0 amide bonds. The molecule has 0 atom stereocenters. The molecule has 0 aromatic heterocycles. The van der Waals surface area contributed by atoms with Gasteiger partial charge in [-0.25, -0.2) is 5.84 Å². The van der Waals surface area contributed by atoms with Gasteiger partial charge in [0.1, 0.15) is 17.3 Å². The highest BCUT2D eigenvalue weighted by molar-refractivity contribution is 6.02. The summed E-state index contributed by atoms with van der Waals surface area (Å²) in [5.74, 6) is 8.36. The van der Waals surface area contributed by atoms with Gasteiger partial charge in [-0.15, -0.1) is 0 Å². The predicted octanol–water partition coefficient (Wildman–Crippen LogP) is 2.48. The molecular weight excluding hydrogens is 276 g/mol. The summed E-state index contributed by atoms with van der Waals surface area (Å²) in [4.78, 5) is 6.56. The van der Waals surface area contributed by atoms with E-state index in [0.717, 1.165) is 35.1 Å². The number of rotatable bonds is 4. The topological polar surface area (TPSA) is 54.1 Å². The summed E-state index contributed by atoms with van der Waals surface area (Å²) in [6, 6.07) is 15.8. The normalized spacial score (nSPS) is 14.0. The Bertz CT molecular complexity index is 682. The lowest BCUT2D eigenvalue weighted by Gasteiger charge is -2.20. The standard InChI is InChI=1S/C17H20N4O/c1-20(2)13-8-9-16(22-14-6-4-3-5-7-14)15(12-13)17-19-10-11-21(17)18/h3-9,12H,10-11,18H2,1-2H3. The second kappa shape index (κ2) is 6.07. The van der Waals surface area contributed by atoms with E-state index in [1.165, 1.54) is 0 Å². The maximum absolute atomic E-state index is 6.03. The Morgan fingerprint density at radius 2 is 1.91 bits per heavy atom. The average Bonchev–Trinajstić information content (AvgIpc) is 2.94. The first-order valence-electron chi connectivity index (χ1n) is 7.26. The highest BCUT2D eigenvalue weighted by Crippen LogP contribution is 2.30. The molecular formula is C17H20N4O. The zero-order valence-corrected chi connectivity index (χ0v) is 12.9. The fourth-order valence-corrected chi connectivity index (χ4v) is 2.38. The van der Waals surface area contributed by atoms with Gasteiger partial charge in [0, 0.05) is 19.8 Å². The molecule has 5 heteroatoms. The average molecular weight is 296 g/mol. The number of nitrogens with zero attached hydrogens (tertiary/aromatic N) is 3. The molecule has 0 radical (unpaired) electrons. The molecule has 1 aliphatic rings. The number of hydrogen-bond donors (Lipinski definition) is 1. The van der Waals surface area contributed by atoms with Crippen molar-refractivity contribution in [3.05, 3.63) is 54.1 Å². The molecule has 0 unspecified atom stereocenters. The van der Waals surface area contributed by atoms with Crippen LogP contribution in [-0.4, -0.2) is 38.0 Å². The number of aliphatic imine (C=N–C) groups is 1. The van der Waals surface area contributed by atoms with E-state index in [-0.39, 0.29) is 0 Å². The van der Waals surface area contributed by atoms with Crippen LogP contribution in [0.4, 0.5) is 5.69 Å². The van der Waals surface area contributed by atoms with E-state index in [9.17, 15) is 0 Å². The number of anilines is 1. The van der Waals surface area contributed by atoms with E-state index in [1.54, 1.807) is 5.01 Å². The molecule has 22 heavy (non-hydrogen) atoms. The predicted molar refractivity (Wildman–Crippen MR) is 89.6 cm³/mol. The molecule has 5 nitrogen and oxygen atoms in total. The SMILES string of the molecule is CN(C)c1ccc(Oc2ccccc2)c(C2=NCCN2N)c1. The van der Waals surface area contributed by atoms with Gasteiger partial charge in [-0.05, 0) is 30.3 Å². The van der Waals surface area contributed by atoms with E-state index in [1.807, 2.05) is 61.5 Å². The Labute approximate surface area is 130 Å².